The third-order valence-electron chi connectivity index (χ3n) is 1.70. The zero-order valence-electron chi connectivity index (χ0n) is 6.52. The Hall–Kier alpha value is -0.860. The Kier molecular flexibility index (Phi) is 1.74. The summed E-state index contributed by atoms with van der Waals surface area (Å²) in [5.41, 5.74) is 0.985. The summed E-state index contributed by atoms with van der Waals surface area (Å²) in [6, 6.07) is 0. The van der Waals surface area contributed by atoms with E-state index in [4.69, 9.17) is 0 Å². The Bertz CT molecular complexity index is 166. The Balaban J connectivity index is 2.11. The van der Waals surface area contributed by atoms with Crippen molar-refractivity contribution in [3.8, 4) is 0 Å². The number of nitrogens with zero attached hydrogens (tertiary/aromatic N) is 2. The Labute approximate surface area is 61.2 Å². The molecule has 1 aliphatic rings. The molecule has 1 N–H and O–H groups in total. The van der Waals surface area contributed by atoms with Crippen LogP contribution in [0.5, 0.6) is 0 Å². The SMILES string of the molecule is C=C(CCC1(C)N=N1)NC. The van der Waals surface area contributed by atoms with Crippen LogP contribution in [0.1, 0.15) is 19.8 Å². The van der Waals surface area contributed by atoms with Gasteiger partial charge in [0.1, 0.15) is 0 Å². The van der Waals surface area contributed by atoms with Gasteiger partial charge < -0.3 is 5.32 Å². The molecule has 0 amide bonds. The van der Waals surface area contributed by atoms with Gasteiger partial charge in [0.25, 0.3) is 0 Å². The highest BCUT2D eigenvalue weighted by Crippen LogP contribution is 2.32. The standard InChI is InChI=1S/C7H13N3/c1-6(8-3)4-5-7(2)9-10-7/h8H,1,4-5H2,2-3H3. The second-order valence-corrected chi connectivity index (χ2v) is 2.77. The van der Waals surface area contributed by atoms with Crippen LogP contribution in [-0.4, -0.2) is 12.7 Å². The van der Waals surface area contributed by atoms with Gasteiger partial charge in [-0.05, 0) is 13.3 Å². The lowest BCUT2D eigenvalue weighted by molar-refractivity contribution is 0.587. The number of hydrogen-bond acceptors (Lipinski definition) is 3. The van der Waals surface area contributed by atoms with Gasteiger partial charge in [0.15, 0.2) is 5.66 Å². The van der Waals surface area contributed by atoms with Gasteiger partial charge in [0.05, 0.1) is 0 Å². The molecule has 10 heavy (non-hydrogen) atoms. The number of nitrogens with one attached hydrogen (secondary N) is 1. The maximum atomic E-state index is 3.90. The largest absolute Gasteiger partial charge is 0.392 e. The minimum Gasteiger partial charge on any atom is -0.392 e. The van der Waals surface area contributed by atoms with Gasteiger partial charge in [-0.3, -0.25) is 0 Å². The van der Waals surface area contributed by atoms with Crippen LogP contribution >= 0.6 is 0 Å². The predicted molar refractivity (Wildman–Crippen MR) is 40.7 cm³/mol. The van der Waals surface area contributed by atoms with Crippen molar-refractivity contribution in [1.82, 2.24) is 5.32 Å². The van der Waals surface area contributed by atoms with Crippen LogP contribution in [-0.2, 0) is 0 Å². The molecular formula is C7H13N3. The first-order chi connectivity index (χ1) is 4.66. The smallest absolute Gasteiger partial charge is 0.188 e. The summed E-state index contributed by atoms with van der Waals surface area (Å²) in [6.45, 7) is 5.83. The molecule has 3 heteroatoms. The molecular weight excluding hydrogens is 126 g/mol. The average molecular weight is 139 g/mol. The summed E-state index contributed by atoms with van der Waals surface area (Å²) >= 11 is 0. The molecule has 0 aromatic rings. The molecule has 0 radical (unpaired) electrons. The van der Waals surface area contributed by atoms with Crippen LogP contribution in [0.25, 0.3) is 0 Å². The van der Waals surface area contributed by atoms with E-state index in [2.05, 4.69) is 22.1 Å². The normalized spacial score (nSPS) is 18.6. The van der Waals surface area contributed by atoms with Gasteiger partial charge in [-0.1, -0.05) is 6.58 Å². The molecule has 56 valence electrons. The first-order valence-corrected chi connectivity index (χ1v) is 3.46. The van der Waals surface area contributed by atoms with Crippen molar-refractivity contribution in [2.24, 2.45) is 10.2 Å². The number of hydrogen-bond donors (Lipinski definition) is 1. The molecule has 0 aromatic carbocycles. The lowest BCUT2D eigenvalue weighted by atomic mass is 10.1. The molecule has 0 atom stereocenters. The molecule has 0 saturated heterocycles. The van der Waals surface area contributed by atoms with Crippen molar-refractivity contribution in [2.45, 2.75) is 25.4 Å². The van der Waals surface area contributed by atoms with Crippen LogP contribution in [0.15, 0.2) is 22.5 Å². The minimum atomic E-state index is -0.0697. The maximum absolute atomic E-state index is 3.90. The van der Waals surface area contributed by atoms with Crippen molar-refractivity contribution in [1.29, 1.82) is 0 Å². The van der Waals surface area contributed by atoms with E-state index >= 15 is 0 Å². The zero-order chi connectivity index (χ0) is 7.61. The molecule has 0 unspecified atom stereocenters. The van der Waals surface area contributed by atoms with Crippen molar-refractivity contribution in [3.63, 3.8) is 0 Å². The molecule has 0 aliphatic carbocycles. The van der Waals surface area contributed by atoms with E-state index in [1.807, 2.05) is 14.0 Å². The van der Waals surface area contributed by atoms with Gasteiger partial charge in [-0.15, -0.1) is 0 Å². The van der Waals surface area contributed by atoms with E-state index in [9.17, 15) is 0 Å². The summed E-state index contributed by atoms with van der Waals surface area (Å²) in [5.74, 6) is 0. The van der Waals surface area contributed by atoms with Gasteiger partial charge in [-0.25, -0.2) is 0 Å². The lowest BCUT2D eigenvalue weighted by Crippen LogP contribution is -2.09. The van der Waals surface area contributed by atoms with E-state index < -0.39 is 0 Å². The quantitative estimate of drug-likeness (QED) is 0.632. The highest BCUT2D eigenvalue weighted by Gasteiger charge is 2.32. The molecule has 3 nitrogen and oxygen atoms in total. The third-order valence-corrected chi connectivity index (χ3v) is 1.70. The second kappa shape index (κ2) is 2.40. The van der Waals surface area contributed by atoms with Gasteiger partial charge in [-0.2, -0.15) is 10.2 Å². The Morgan fingerprint density at radius 2 is 2.20 bits per heavy atom. The van der Waals surface area contributed by atoms with E-state index in [0.717, 1.165) is 18.5 Å². The van der Waals surface area contributed by atoms with Gasteiger partial charge >= 0.3 is 0 Å². The van der Waals surface area contributed by atoms with Crippen molar-refractivity contribution in [2.75, 3.05) is 7.05 Å². The van der Waals surface area contributed by atoms with E-state index in [1.165, 1.54) is 0 Å². The fraction of sp³-hybridized carbons (Fsp3) is 0.714. The summed E-state index contributed by atoms with van der Waals surface area (Å²) in [6.07, 6.45) is 1.94. The highest BCUT2D eigenvalue weighted by molar-refractivity contribution is 4.96. The molecule has 1 rings (SSSR count). The molecule has 0 bridgehead atoms. The van der Waals surface area contributed by atoms with Crippen molar-refractivity contribution in [3.05, 3.63) is 12.3 Å². The molecule has 0 saturated carbocycles. The molecule has 1 heterocycles. The average Bonchev–Trinajstić information content (AvgIpc) is 2.64. The minimum absolute atomic E-state index is 0.0697. The van der Waals surface area contributed by atoms with Crippen LogP contribution in [0.4, 0.5) is 0 Å². The monoisotopic (exact) mass is 139 g/mol. The Morgan fingerprint density at radius 1 is 1.60 bits per heavy atom. The van der Waals surface area contributed by atoms with E-state index in [1.54, 1.807) is 0 Å². The lowest BCUT2D eigenvalue weighted by Gasteiger charge is -2.05. The fourth-order valence-electron chi connectivity index (χ4n) is 0.698. The summed E-state index contributed by atoms with van der Waals surface area (Å²) in [5, 5.41) is 10.8. The zero-order valence-corrected chi connectivity index (χ0v) is 6.52. The first-order valence-electron chi connectivity index (χ1n) is 3.46. The maximum Gasteiger partial charge on any atom is 0.188 e. The molecule has 0 aromatic heterocycles. The Morgan fingerprint density at radius 3 is 2.60 bits per heavy atom. The van der Waals surface area contributed by atoms with E-state index in [-0.39, 0.29) is 5.66 Å². The van der Waals surface area contributed by atoms with Crippen molar-refractivity contribution < 1.29 is 0 Å². The van der Waals surface area contributed by atoms with Gasteiger partial charge in [0, 0.05) is 19.2 Å². The van der Waals surface area contributed by atoms with Crippen LogP contribution in [0.3, 0.4) is 0 Å². The number of rotatable bonds is 4. The van der Waals surface area contributed by atoms with Crippen LogP contribution in [0, 0.1) is 0 Å². The summed E-state index contributed by atoms with van der Waals surface area (Å²) < 4.78 is 0. The summed E-state index contributed by atoms with van der Waals surface area (Å²) in [7, 11) is 1.88. The van der Waals surface area contributed by atoms with E-state index in [0.29, 0.717) is 0 Å². The molecule has 1 aliphatic heterocycles. The predicted octanol–water partition coefficient (Wildman–Crippen LogP) is 1.68. The number of allylic oxidation sites excluding steroid dienone is 1. The first kappa shape index (κ1) is 7.25. The van der Waals surface area contributed by atoms with Crippen LogP contribution in [0.2, 0.25) is 0 Å². The summed E-state index contributed by atoms with van der Waals surface area (Å²) in [4.78, 5) is 0. The molecule has 0 spiro atoms. The van der Waals surface area contributed by atoms with Crippen molar-refractivity contribution >= 4 is 0 Å². The van der Waals surface area contributed by atoms with Crippen LogP contribution < -0.4 is 5.32 Å². The second-order valence-electron chi connectivity index (χ2n) is 2.77. The molecule has 0 fully saturated rings. The fourth-order valence-corrected chi connectivity index (χ4v) is 0.698. The van der Waals surface area contributed by atoms with Gasteiger partial charge in [0.2, 0.25) is 0 Å². The highest BCUT2D eigenvalue weighted by atomic mass is 15.4. The topological polar surface area (TPSA) is 36.8 Å². The third kappa shape index (κ3) is 1.83.